The number of carbonyl (C=O) groups is 1. The average molecular weight is 359 g/mol. The Morgan fingerprint density at radius 2 is 1.80 bits per heavy atom. The first-order valence-corrected chi connectivity index (χ1v) is 11.6. The molecule has 0 aliphatic heterocycles. The van der Waals surface area contributed by atoms with E-state index in [9.17, 15) is 4.79 Å². The zero-order chi connectivity index (χ0) is 18.3. The molecule has 0 aromatic heterocycles. The van der Waals surface area contributed by atoms with E-state index in [1.807, 2.05) is 30.3 Å². The number of methoxy groups -OCH3 is 1. The third-order valence-electron chi connectivity index (χ3n) is 4.14. The summed E-state index contributed by atoms with van der Waals surface area (Å²) in [5.41, 5.74) is 2.15. The van der Waals surface area contributed by atoms with Gasteiger partial charge in [0.1, 0.15) is 5.75 Å². The number of ketones is 1. The van der Waals surface area contributed by atoms with E-state index in [4.69, 9.17) is 13.9 Å². The van der Waals surface area contributed by atoms with Gasteiger partial charge < -0.3 is 13.9 Å². The summed E-state index contributed by atoms with van der Waals surface area (Å²) in [7, 11) is -0.0668. The Kier molecular flexibility index (Phi) is 6.93. The highest BCUT2D eigenvalue weighted by Crippen LogP contribution is 2.25. The van der Waals surface area contributed by atoms with Crippen molar-refractivity contribution in [2.75, 3.05) is 13.9 Å². The van der Waals surface area contributed by atoms with Crippen LogP contribution in [0.15, 0.2) is 48.5 Å². The monoisotopic (exact) mass is 358 g/mol. The lowest BCUT2D eigenvalue weighted by Crippen LogP contribution is -2.28. The van der Waals surface area contributed by atoms with Crippen molar-refractivity contribution < 1.29 is 18.7 Å². The maximum absolute atomic E-state index is 12.8. The lowest BCUT2D eigenvalue weighted by Gasteiger charge is -2.21. The van der Waals surface area contributed by atoms with E-state index in [-0.39, 0.29) is 12.6 Å². The fourth-order valence-corrected chi connectivity index (χ4v) is 2.97. The molecular weight excluding hydrogens is 332 g/mol. The Labute approximate surface area is 150 Å². The van der Waals surface area contributed by atoms with Crippen LogP contribution >= 0.6 is 0 Å². The van der Waals surface area contributed by atoms with Crippen LogP contribution < -0.4 is 4.74 Å². The van der Waals surface area contributed by atoms with Crippen LogP contribution in [0.4, 0.5) is 0 Å². The quantitative estimate of drug-likeness (QED) is 0.372. The summed E-state index contributed by atoms with van der Waals surface area (Å²) in [6.07, 6.45) is 0. The molecule has 0 saturated carbocycles. The SMILES string of the molecule is CC[Si](C)(C)OCc1ccc(C(=O)c2ccccc2)c(OCOC)c1. The normalized spacial score (nSPS) is 11.4. The molecule has 2 aromatic rings. The first kappa shape index (κ1) is 19.4. The summed E-state index contributed by atoms with van der Waals surface area (Å²) >= 11 is 0. The van der Waals surface area contributed by atoms with Gasteiger partial charge in [-0.15, -0.1) is 0 Å². The van der Waals surface area contributed by atoms with Gasteiger partial charge >= 0.3 is 0 Å². The number of benzene rings is 2. The fourth-order valence-electron chi connectivity index (χ4n) is 2.21. The van der Waals surface area contributed by atoms with Crippen LogP contribution in [-0.2, 0) is 15.8 Å². The van der Waals surface area contributed by atoms with Crippen molar-refractivity contribution >= 4 is 14.1 Å². The van der Waals surface area contributed by atoms with E-state index in [1.54, 1.807) is 25.3 Å². The second-order valence-electron chi connectivity index (χ2n) is 6.48. The van der Waals surface area contributed by atoms with Crippen LogP contribution in [-0.4, -0.2) is 28.0 Å². The molecule has 0 aliphatic rings. The summed E-state index contributed by atoms with van der Waals surface area (Å²) in [6.45, 7) is 7.16. The first-order chi connectivity index (χ1) is 12.0. The number of carbonyl (C=O) groups excluding carboxylic acids is 1. The number of rotatable bonds is 9. The molecule has 134 valence electrons. The highest BCUT2D eigenvalue weighted by molar-refractivity contribution is 6.71. The molecule has 5 heteroatoms. The Morgan fingerprint density at radius 3 is 2.44 bits per heavy atom. The minimum absolute atomic E-state index is 0.0672. The molecule has 0 bridgehead atoms. The standard InChI is InChI=1S/C20H26O4Si/c1-5-25(3,4)24-14-16-11-12-18(19(13-16)23-15-22-2)20(21)17-9-7-6-8-10-17/h6-13H,5,14-15H2,1-4H3. The lowest BCUT2D eigenvalue weighted by atomic mass is 10.0. The Morgan fingerprint density at radius 1 is 1.08 bits per heavy atom. The number of hydrogen-bond acceptors (Lipinski definition) is 4. The second kappa shape index (κ2) is 8.94. The van der Waals surface area contributed by atoms with Gasteiger partial charge in [-0.3, -0.25) is 4.79 Å². The van der Waals surface area contributed by atoms with Crippen molar-refractivity contribution in [3.05, 3.63) is 65.2 Å². The zero-order valence-corrected chi connectivity index (χ0v) is 16.4. The van der Waals surface area contributed by atoms with Gasteiger partial charge in [-0.2, -0.15) is 0 Å². The minimum atomic E-state index is -1.62. The fraction of sp³-hybridized carbons (Fsp3) is 0.350. The predicted molar refractivity (Wildman–Crippen MR) is 102 cm³/mol. The van der Waals surface area contributed by atoms with Crippen molar-refractivity contribution in [3.63, 3.8) is 0 Å². The topological polar surface area (TPSA) is 44.8 Å². The average Bonchev–Trinajstić information content (AvgIpc) is 2.65. The molecular formula is C20H26O4Si. The Hall–Kier alpha value is -1.95. The van der Waals surface area contributed by atoms with Gasteiger partial charge in [-0.05, 0) is 36.8 Å². The van der Waals surface area contributed by atoms with Crippen LogP contribution in [0.1, 0.15) is 28.4 Å². The van der Waals surface area contributed by atoms with Gasteiger partial charge in [-0.1, -0.05) is 43.3 Å². The molecule has 0 saturated heterocycles. The van der Waals surface area contributed by atoms with E-state index in [1.165, 1.54) is 0 Å². The summed E-state index contributed by atoms with van der Waals surface area (Å²) in [5, 5.41) is 0. The number of ether oxygens (including phenoxy) is 2. The van der Waals surface area contributed by atoms with Crippen molar-refractivity contribution in [3.8, 4) is 5.75 Å². The molecule has 0 fully saturated rings. The molecule has 0 N–H and O–H groups in total. The highest BCUT2D eigenvalue weighted by Gasteiger charge is 2.20. The molecule has 2 rings (SSSR count). The van der Waals surface area contributed by atoms with Crippen LogP contribution in [0, 0.1) is 0 Å². The van der Waals surface area contributed by atoms with Crippen LogP contribution in [0.2, 0.25) is 19.1 Å². The molecule has 25 heavy (non-hydrogen) atoms. The maximum Gasteiger partial charge on any atom is 0.196 e. The Balaban J connectivity index is 2.26. The lowest BCUT2D eigenvalue weighted by molar-refractivity contribution is 0.0502. The highest BCUT2D eigenvalue weighted by atomic mass is 28.4. The van der Waals surface area contributed by atoms with Crippen LogP contribution in [0.5, 0.6) is 5.75 Å². The summed E-state index contributed by atoms with van der Waals surface area (Å²) < 4.78 is 16.7. The van der Waals surface area contributed by atoms with Crippen molar-refractivity contribution in [2.45, 2.75) is 32.7 Å². The van der Waals surface area contributed by atoms with Crippen molar-refractivity contribution in [1.29, 1.82) is 0 Å². The molecule has 4 nitrogen and oxygen atoms in total. The Bertz CT molecular complexity index is 698. The van der Waals surface area contributed by atoms with Crippen LogP contribution in [0.25, 0.3) is 0 Å². The smallest absolute Gasteiger partial charge is 0.196 e. The van der Waals surface area contributed by atoms with E-state index in [0.717, 1.165) is 11.6 Å². The minimum Gasteiger partial charge on any atom is -0.467 e. The van der Waals surface area contributed by atoms with Crippen molar-refractivity contribution in [1.82, 2.24) is 0 Å². The van der Waals surface area contributed by atoms with Gasteiger partial charge in [0.15, 0.2) is 20.9 Å². The summed E-state index contributed by atoms with van der Waals surface area (Å²) in [6, 6.07) is 15.9. The predicted octanol–water partition coefficient (Wildman–Crippen LogP) is 4.64. The summed E-state index contributed by atoms with van der Waals surface area (Å²) in [4.78, 5) is 12.8. The largest absolute Gasteiger partial charge is 0.467 e. The molecule has 0 amide bonds. The third-order valence-corrected chi connectivity index (χ3v) is 6.77. The molecule has 0 atom stereocenters. The third kappa shape index (κ3) is 5.52. The van der Waals surface area contributed by atoms with Crippen molar-refractivity contribution in [2.24, 2.45) is 0 Å². The van der Waals surface area contributed by atoms with E-state index >= 15 is 0 Å². The van der Waals surface area contributed by atoms with Gasteiger partial charge in [-0.25, -0.2) is 0 Å². The molecule has 0 radical (unpaired) electrons. The molecule has 0 heterocycles. The molecule has 2 aromatic carbocycles. The van der Waals surface area contributed by atoms with Gasteiger partial charge in [0.25, 0.3) is 0 Å². The molecule has 0 aliphatic carbocycles. The maximum atomic E-state index is 12.8. The second-order valence-corrected chi connectivity index (χ2v) is 11.0. The zero-order valence-electron chi connectivity index (χ0n) is 15.4. The van der Waals surface area contributed by atoms with E-state index in [0.29, 0.717) is 23.5 Å². The molecule has 0 spiro atoms. The van der Waals surface area contributed by atoms with Gasteiger partial charge in [0, 0.05) is 12.7 Å². The van der Waals surface area contributed by atoms with Crippen LogP contribution in [0.3, 0.4) is 0 Å². The first-order valence-electron chi connectivity index (χ1n) is 8.45. The van der Waals surface area contributed by atoms with Gasteiger partial charge in [0.2, 0.25) is 0 Å². The number of hydrogen-bond donors (Lipinski definition) is 0. The summed E-state index contributed by atoms with van der Waals surface area (Å²) in [5.74, 6) is 0.454. The van der Waals surface area contributed by atoms with E-state index in [2.05, 4.69) is 20.0 Å². The molecule has 0 unspecified atom stereocenters. The van der Waals surface area contributed by atoms with E-state index < -0.39 is 8.32 Å². The van der Waals surface area contributed by atoms with Gasteiger partial charge in [0.05, 0.1) is 12.2 Å².